The van der Waals surface area contributed by atoms with Crippen LogP contribution in [0.5, 0.6) is 0 Å². The number of unbranched alkanes of at least 4 members (excludes halogenated alkanes) is 1. The zero-order chi connectivity index (χ0) is 15.1. The summed E-state index contributed by atoms with van der Waals surface area (Å²) in [5.74, 6) is 0.108. The number of hydrogen-bond donors (Lipinski definition) is 1. The van der Waals surface area contributed by atoms with Crippen LogP contribution in [0.2, 0.25) is 0 Å². The van der Waals surface area contributed by atoms with Gasteiger partial charge in [-0.3, -0.25) is 4.79 Å². The topological polar surface area (TPSA) is 67.9 Å². The fourth-order valence-corrected chi connectivity index (χ4v) is 2.74. The number of likely N-dealkylation sites (tertiary alicyclic amines) is 1. The number of piperidine rings is 1. The molecule has 1 atom stereocenters. The molecule has 0 radical (unpaired) electrons. The molecular formula is C15H26N2O4. The van der Waals surface area contributed by atoms with Crippen LogP contribution in [0.3, 0.4) is 0 Å². The van der Waals surface area contributed by atoms with Gasteiger partial charge in [0.15, 0.2) is 0 Å². The summed E-state index contributed by atoms with van der Waals surface area (Å²) in [6, 6.07) is 0.104. The molecule has 0 spiro atoms. The number of hydrogen-bond acceptors (Lipinski definition) is 4. The monoisotopic (exact) mass is 298 g/mol. The molecule has 2 heterocycles. The van der Waals surface area contributed by atoms with E-state index in [-0.39, 0.29) is 24.1 Å². The van der Waals surface area contributed by atoms with Crippen LogP contribution < -0.4 is 5.32 Å². The minimum atomic E-state index is -0.340. The molecule has 6 nitrogen and oxygen atoms in total. The highest BCUT2D eigenvalue weighted by atomic mass is 16.5. The van der Waals surface area contributed by atoms with E-state index < -0.39 is 0 Å². The Morgan fingerprint density at radius 1 is 1.29 bits per heavy atom. The number of amides is 2. The number of carbonyl (C=O) groups is 2. The molecule has 21 heavy (non-hydrogen) atoms. The van der Waals surface area contributed by atoms with Gasteiger partial charge in [0, 0.05) is 25.7 Å². The van der Waals surface area contributed by atoms with Gasteiger partial charge >= 0.3 is 6.09 Å². The molecule has 120 valence electrons. The lowest BCUT2D eigenvalue weighted by Crippen LogP contribution is -2.49. The summed E-state index contributed by atoms with van der Waals surface area (Å²) < 4.78 is 10.5. The highest BCUT2D eigenvalue weighted by Crippen LogP contribution is 2.18. The molecule has 0 saturated carbocycles. The first kappa shape index (κ1) is 16.1. The zero-order valence-corrected chi connectivity index (χ0v) is 12.8. The van der Waals surface area contributed by atoms with Crippen LogP contribution in [0.15, 0.2) is 0 Å². The van der Waals surface area contributed by atoms with Gasteiger partial charge in [0.05, 0.1) is 6.61 Å². The van der Waals surface area contributed by atoms with Gasteiger partial charge < -0.3 is 19.7 Å². The van der Waals surface area contributed by atoms with Crippen LogP contribution in [-0.4, -0.2) is 55.3 Å². The van der Waals surface area contributed by atoms with Gasteiger partial charge in [-0.2, -0.15) is 0 Å². The molecule has 2 rings (SSSR count). The quantitative estimate of drug-likeness (QED) is 0.784. The first-order valence-electron chi connectivity index (χ1n) is 8.04. The third-order valence-corrected chi connectivity index (χ3v) is 4.06. The van der Waals surface area contributed by atoms with Gasteiger partial charge in [0.1, 0.15) is 6.10 Å². The predicted octanol–water partition coefficient (Wildman–Crippen LogP) is 1.68. The van der Waals surface area contributed by atoms with Crippen molar-refractivity contribution in [3.63, 3.8) is 0 Å². The number of alkyl carbamates (subject to hydrolysis) is 1. The van der Waals surface area contributed by atoms with E-state index in [4.69, 9.17) is 9.47 Å². The third kappa shape index (κ3) is 4.88. The van der Waals surface area contributed by atoms with Crippen molar-refractivity contribution in [1.82, 2.24) is 10.2 Å². The minimum Gasteiger partial charge on any atom is -0.450 e. The number of nitrogens with one attached hydrogen (secondary N) is 1. The van der Waals surface area contributed by atoms with Crippen LogP contribution in [0, 0.1) is 0 Å². The van der Waals surface area contributed by atoms with Crippen LogP contribution in [0.25, 0.3) is 0 Å². The Morgan fingerprint density at radius 3 is 2.67 bits per heavy atom. The summed E-state index contributed by atoms with van der Waals surface area (Å²) in [6.45, 7) is 4.58. The van der Waals surface area contributed by atoms with Crippen molar-refractivity contribution in [2.45, 2.75) is 57.6 Å². The Morgan fingerprint density at radius 2 is 2.05 bits per heavy atom. The van der Waals surface area contributed by atoms with Crippen LogP contribution in [0.4, 0.5) is 4.79 Å². The highest BCUT2D eigenvalue weighted by molar-refractivity contribution is 5.81. The van der Waals surface area contributed by atoms with Gasteiger partial charge in [0.2, 0.25) is 0 Å². The van der Waals surface area contributed by atoms with Crippen LogP contribution >= 0.6 is 0 Å². The third-order valence-electron chi connectivity index (χ3n) is 4.06. The van der Waals surface area contributed by atoms with Crippen molar-refractivity contribution in [3.8, 4) is 0 Å². The van der Waals surface area contributed by atoms with Crippen molar-refractivity contribution < 1.29 is 19.1 Å². The lowest BCUT2D eigenvalue weighted by molar-refractivity contribution is -0.142. The molecule has 2 fully saturated rings. The average Bonchev–Trinajstić information content (AvgIpc) is 3.02. The summed E-state index contributed by atoms with van der Waals surface area (Å²) in [4.78, 5) is 25.6. The van der Waals surface area contributed by atoms with Crippen molar-refractivity contribution in [2.24, 2.45) is 0 Å². The van der Waals surface area contributed by atoms with Crippen LogP contribution in [0.1, 0.15) is 45.4 Å². The van der Waals surface area contributed by atoms with Gasteiger partial charge in [-0.15, -0.1) is 0 Å². The Balaban J connectivity index is 1.65. The second-order valence-electron chi connectivity index (χ2n) is 5.74. The van der Waals surface area contributed by atoms with Crippen molar-refractivity contribution in [3.05, 3.63) is 0 Å². The van der Waals surface area contributed by atoms with E-state index in [0.29, 0.717) is 26.3 Å². The Kier molecular flexibility index (Phi) is 6.29. The fraction of sp³-hybridized carbons (Fsp3) is 0.867. The van der Waals surface area contributed by atoms with Crippen molar-refractivity contribution >= 4 is 12.0 Å². The molecule has 2 saturated heterocycles. The van der Waals surface area contributed by atoms with E-state index in [9.17, 15) is 9.59 Å². The number of rotatable bonds is 5. The molecule has 0 aromatic carbocycles. The van der Waals surface area contributed by atoms with Crippen LogP contribution in [-0.2, 0) is 14.3 Å². The zero-order valence-electron chi connectivity index (χ0n) is 12.8. The molecule has 2 aliphatic rings. The standard InChI is InChI=1S/C15H26N2O4/c1-2-3-10-21-15(19)16-12-6-8-17(9-7-12)14(18)13-5-4-11-20-13/h12-13H,2-11H2,1H3,(H,16,19). The maximum atomic E-state index is 12.2. The molecule has 1 N–H and O–H groups in total. The first-order chi connectivity index (χ1) is 10.2. The molecule has 6 heteroatoms. The number of nitrogens with zero attached hydrogens (tertiary/aromatic N) is 1. The largest absolute Gasteiger partial charge is 0.450 e. The number of carbonyl (C=O) groups excluding carboxylic acids is 2. The normalized spacial score (nSPS) is 23.1. The lowest BCUT2D eigenvalue weighted by Gasteiger charge is -2.33. The second-order valence-corrected chi connectivity index (χ2v) is 5.74. The van der Waals surface area contributed by atoms with E-state index in [2.05, 4.69) is 12.2 Å². The van der Waals surface area contributed by atoms with E-state index in [1.54, 1.807) is 0 Å². The molecule has 0 bridgehead atoms. The summed E-state index contributed by atoms with van der Waals surface area (Å²) >= 11 is 0. The fourth-order valence-electron chi connectivity index (χ4n) is 2.74. The summed E-state index contributed by atoms with van der Waals surface area (Å²) in [5, 5.41) is 2.88. The van der Waals surface area contributed by atoms with Gasteiger partial charge in [-0.25, -0.2) is 4.79 Å². The molecule has 2 amide bonds. The summed E-state index contributed by atoms with van der Waals surface area (Å²) in [6.07, 6.45) is 4.68. The molecule has 2 aliphatic heterocycles. The Labute approximate surface area is 126 Å². The second kappa shape index (κ2) is 8.22. The Bertz CT molecular complexity index is 348. The van der Waals surface area contributed by atoms with E-state index in [1.165, 1.54) is 0 Å². The summed E-state index contributed by atoms with van der Waals surface area (Å²) in [7, 11) is 0. The van der Waals surface area contributed by atoms with E-state index >= 15 is 0 Å². The highest BCUT2D eigenvalue weighted by Gasteiger charge is 2.31. The van der Waals surface area contributed by atoms with E-state index in [0.717, 1.165) is 38.5 Å². The Hall–Kier alpha value is -1.30. The van der Waals surface area contributed by atoms with Gasteiger partial charge in [0.25, 0.3) is 5.91 Å². The van der Waals surface area contributed by atoms with Gasteiger partial charge in [-0.05, 0) is 32.1 Å². The van der Waals surface area contributed by atoms with E-state index in [1.807, 2.05) is 4.90 Å². The maximum absolute atomic E-state index is 12.2. The van der Waals surface area contributed by atoms with Gasteiger partial charge in [-0.1, -0.05) is 13.3 Å². The molecule has 0 aromatic rings. The smallest absolute Gasteiger partial charge is 0.407 e. The summed E-state index contributed by atoms with van der Waals surface area (Å²) in [5.41, 5.74) is 0. The molecule has 1 unspecified atom stereocenters. The first-order valence-corrected chi connectivity index (χ1v) is 8.04. The predicted molar refractivity (Wildman–Crippen MR) is 78.0 cm³/mol. The van der Waals surface area contributed by atoms with Crippen molar-refractivity contribution in [2.75, 3.05) is 26.3 Å². The SMILES string of the molecule is CCCCOC(=O)NC1CCN(C(=O)C2CCCO2)CC1. The van der Waals surface area contributed by atoms with Crippen molar-refractivity contribution in [1.29, 1.82) is 0 Å². The molecule has 0 aliphatic carbocycles. The maximum Gasteiger partial charge on any atom is 0.407 e. The number of ether oxygens (including phenoxy) is 2. The minimum absolute atomic E-state index is 0.104. The molecular weight excluding hydrogens is 272 g/mol. The lowest BCUT2D eigenvalue weighted by atomic mass is 10.0. The average molecular weight is 298 g/mol. The molecule has 0 aromatic heterocycles.